The second-order valence-corrected chi connectivity index (χ2v) is 20.8. The molecule has 1 rings (SSSR count). The van der Waals surface area contributed by atoms with Gasteiger partial charge in [0.2, 0.25) is 5.91 Å². The minimum atomic E-state index is -1.57. The number of rotatable bonds is 51. The third-order valence-corrected chi connectivity index (χ3v) is 14.3. The van der Waals surface area contributed by atoms with Crippen LogP contribution in [0.1, 0.15) is 290 Å². The molecule has 1 amide bonds. The molecule has 1 aliphatic heterocycles. The summed E-state index contributed by atoms with van der Waals surface area (Å²) in [5, 5.41) is 54.5. The number of hydrogen-bond acceptors (Lipinski definition) is 8. The maximum Gasteiger partial charge on any atom is 0.220 e. The van der Waals surface area contributed by atoms with Crippen molar-refractivity contribution in [2.24, 2.45) is 0 Å². The molecule has 0 aromatic rings. The topological polar surface area (TPSA) is 149 Å². The molecule has 9 heteroatoms. The Hall–Kier alpha value is -1.33. The van der Waals surface area contributed by atoms with Gasteiger partial charge in [-0.2, -0.15) is 0 Å². The van der Waals surface area contributed by atoms with Crippen LogP contribution in [0.15, 0.2) is 24.3 Å². The van der Waals surface area contributed by atoms with E-state index in [9.17, 15) is 30.3 Å². The Bertz CT molecular complexity index is 1120. The van der Waals surface area contributed by atoms with Crippen LogP contribution in [0.25, 0.3) is 0 Å². The number of aliphatic hydroxyl groups excluding tert-OH is 5. The Morgan fingerprint density at radius 1 is 0.485 bits per heavy atom. The molecule has 6 N–H and O–H groups in total. The average Bonchev–Trinajstić information content (AvgIpc) is 3.34. The van der Waals surface area contributed by atoms with Gasteiger partial charge in [0.05, 0.1) is 25.4 Å². The Labute approximate surface area is 419 Å². The van der Waals surface area contributed by atoms with Crippen LogP contribution < -0.4 is 5.32 Å². The summed E-state index contributed by atoms with van der Waals surface area (Å²) in [4.78, 5) is 13.0. The first kappa shape index (κ1) is 64.7. The normalized spacial score (nSPS) is 19.7. The van der Waals surface area contributed by atoms with Crippen molar-refractivity contribution >= 4 is 5.91 Å². The van der Waals surface area contributed by atoms with Crippen molar-refractivity contribution in [2.45, 2.75) is 333 Å². The van der Waals surface area contributed by atoms with Gasteiger partial charge in [0.1, 0.15) is 24.4 Å². The lowest BCUT2D eigenvalue weighted by Crippen LogP contribution is -2.60. The van der Waals surface area contributed by atoms with Crippen molar-refractivity contribution in [2.75, 3.05) is 13.2 Å². The fourth-order valence-corrected chi connectivity index (χ4v) is 9.59. The summed E-state index contributed by atoms with van der Waals surface area (Å²) in [6, 6.07) is -0.818. The second-order valence-electron chi connectivity index (χ2n) is 20.8. The molecule has 1 aliphatic rings. The summed E-state index contributed by atoms with van der Waals surface area (Å²) in [6.07, 6.45) is 55.4. The van der Waals surface area contributed by atoms with Crippen molar-refractivity contribution in [3.63, 3.8) is 0 Å². The number of unbranched alkanes of at least 4 members (excludes halogenated alkanes) is 39. The molecule has 0 aromatic heterocycles. The molecule has 1 saturated heterocycles. The summed E-state index contributed by atoms with van der Waals surface area (Å²) >= 11 is 0. The average molecular weight is 965 g/mol. The van der Waals surface area contributed by atoms with Gasteiger partial charge in [0, 0.05) is 6.42 Å². The van der Waals surface area contributed by atoms with Gasteiger partial charge in [-0.15, -0.1) is 0 Å². The van der Waals surface area contributed by atoms with E-state index in [1.807, 2.05) is 6.08 Å². The summed E-state index contributed by atoms with van der Waals surface area (Å²) in [5.41, 5.74) is 0. The molecule has 0 saturated carbocycles. The van der Waals surface area contributed by atoms with Crippen molar-refractivity contribution in [1.82, 2.24) is 5.32 Å². The largest absolute Gasteiger partial charge is 0.394 e. The quantitative estimate of drug-likeness (QED) is 0.0261. The molecule has 68 heavy (non-hydrogen) atoms. The van der Waals surface area contributed by atoms with E-state index in [2.05, 4.69) is 31.3 Å². The van der Waals surface area contributed by atoms with Gasteiger partial charge >= 0.3 is 0 Å². The van der Waals surface area contributed by atoms with Crippen LogP contribution in [0, 0.1) is 0 Å². The van der Waals surface area contributed by atoms with Crippen LogP contribution in [0.5, 0.6) is 0 Å². The molecule has 0 aromatic carbocycles. The van der Waals surface area contributed by atoms with Crippen LogP contribution in [0.3, 0.4) is 0 Å². The molecule has 0 bridgehead atoms. The van der Waals surface area contributed by atoms with Crippen molar-refractivity contribution in [3.8, 4) is 0 Å². The minimum absolute atomic E-state index is 0.181. The van der Waals surface area contributed by atoms with E-state index in [0.717, 1.165) is 38.5 Å². The highest BCUT2D eigenvalue weighted by molar-refractivity contribution is 5.76. The van der Waals surface area contributed by atoms with Crippen LogP contribution in [-0.4, -0.2) is 87.5 Å². The molecule has 0 aliphatic carbocycles. The Morgan fingerprint density at radius 3 is 1.24 bits per heavy atom. The van der Waals surface area contributed by atoms with Crippen LogP contribution in [0.2, 0.25) is 0 Å². The number of allylic oxidation sites excluding steroid dienone is 3. The third-order valence-electron chi connectivity index (χ3n) is 14.3. The number of aliphatic hydroxyl groups is 5. The fourth-order valence-electron chi connectivity index (χ4n) is 9.59. The number of ether oxygens (including phenoxy) is 2. The lowest BCUT2D eigenvalue weighted by Gasteiger charge is -2.40. The van der Waals surface area contributed by atoms with Crippen LogP contribution in [-0.2, 0) is 14.3 Å². The lowest BCUT2D eigenvalue weighted by atomic mass is 9.99. The maximum atomic E-state index is 13.0. The van der Waals surface area contributed by atoms with Gasteiger partial charge in [-0.1, -0.05) is 276 Å². The smallest absolute Gasteiger partial charge is 0.220 e. The highest BCUT2D eigenvalue weighted by Gasteiger charge is 2.44. The monoisotopic (exact) mass is 964 g/mol. The first-order chi connectivity index (χ1) is 33.3. The number of carbonyl (C=O) groups is 1. The number of carbonyl (C=O) groups excluding carboxylic acids is 1. The lowest BCUT2D eigenvalue weighted by molar-refractivity contribution is -0.302. The molecule has 0 radical (unpaired) electrons. The van der Waals surface area contributed by atoms with Crippen molar-refractivity contribution in [3.05, 3.63) is 24.3 Å². The molecule has 9 nitrogen and oxygen atoms in total. The summed E-state index contributed by atoms with van der Waals surface area (Å²) in [6.45, 7) is 3.80. The standard InChI is InChI=1S/C59H113NO8/c1-3-5-7-9-11-13-15-17-19-21-22-23-24-25-26-27-28-29-30-31-33-34-36-38-40-42-44-46-48-53(62)52(51-67-59-58(66)57(65)56(64)54(50-61)68-59)60-55(63)49-47-45-43-41-39-37-35-32-20-18-16-14-12-10-8-6-4-2/h38,40,46,48,52-54,56-59,61-62,64-66H,3-37,39,41-45,47,49-51H2,1-2H3,(H,60,63)/b40-38+,48-46+. The Kier molecular flexibility index (Phi) is 46.9. The zero-order valence-corrected chi connectivity index (χ0v) is 44.6. The first-order valence-electron chi connectivity index (χ1n) is 29.6. The van der Waals surface area contributed by atoms with Gasteiger partial charge < -0.3 is 40.3 Å². The highest BCUT2D eigenvalue weighted by Crippen LogP contribution is 2.23. The molecule has 7 atom stereocenters. The molecule has 7 unspecified atom stereocenters. The van der Waals surface area contributed by atoms with Gasteiger partial charge in [0.15, 0.2) is 6.29 Å². The summed E-state index contributed by atoms with van der Waals surface area (Å²) < 4.78 is 11.3. The van der Waals surface area contributed by atoms with Crippen LogP contribution in [0.4, 0.5) is 0 Å². The summed E-state index contributed by atoms with van der Waals surface area (Å²) in [7, 11) is 0. The predicted octanol–water partition coefficient (Wildman–Crippen LogP) is 14.6. The molecule has 1 fully saturated rings. The fraction of sp³-hybridized carbons (Fsp3) is 0.915. The van der Waals surface area contributed by atoms with E-state index in [0.29, 0.717) is 6.42 Å². The van der Waals surface area contributed by atoms with Gasteiger partial charge in [-0.3, -0.25) is 4.79 Å². The molecule has 1 heterocycles. The molecular weight excluding hydrogens is 851 g/mol. The second kappa shape index (κ2) is 49.3. The van der Waals surface area contributed by atoms with Gasteiger partial charge in [-0.25, -0.2) is 0 Å². The van der Waals surface area contributed by atoms with Crippen molar-refractivity contribution in [1.29, 1.82) is 0 Å². The number of nitrogens with one attached hydrogen (secondary N) is 1. The first-order valence-corrected chi connectivity index (χ1v) is 29.6. The van der Waals surface area contributed by atoms with Crippen molar-refractivity contribution < 1.29 is 39.8 Å². The minimum Gasteiger partial charge on any atom is -0.394 e. The van der Waals surface area contributed by atoms with E-state index in [-0.39, 0.29) is 12.5 Å². The predicted molar refractivity (Wildman–Crippen MR) is 286 cm³/mol. The Balaban J connectivity index is 2.21. The van der Waals surface area contributed by atoms with E-state index >= 15 is 0 Å². The highest BCUT2D eigenvalue weighted by atomic mass is 16.7. The number of hydrogen-bond donors (Lipinski definition) is 6. The van der Waals surface area contributed by atoms with Gasteiger partial charge in [-0.05, 0) is 32.1 Å². The summed E-state index contributed by atoms with van der Waals surface area (Å²) in [5.74, 6) is -0.181. The van der Waals surface area contributed by atoms with E-state index in [4.69, 9.17) is 9.47 Å². The maximum absolute atomic E-state index is 13.0. The molecule has 0 spiro atoms. The number of amides is 1. The zero-order valence-electron chi connectivity index (χ0n) is 44.6. The van der Waals surface area contributed by atoms with E-state index in [1.54, 1.807) is 6.08 Å². The third kappa shape index (κ3) is 38.4. The van der Waals surface area contributed by atoms with E-state index in [1.165, 1.54) is 231 Å². The van der Waals surface area contributed by atoms with Crippen LogP contribution >= 0.6 is 0 Å². The van der Waals surface area contributed by atoms with Gasteiger partial charge in [0.25, 0.3) is 0 Å². The molecule has 402 valence electrons. The molecular formula is C59H113NO8. The Morgan fingerprint density at radius 2 is 0.838 bits per heavy atom. The zero-order chi connectivity index (χ0) is 49.4. The van der Waals surface area contributed by atoms with E-state index < -0.39 is 49.5 Å². The SMILES string of the molecule is CCCCCCCCCCCCCCCCCCCCCCCC/C=C/CC/C=C/C(O)C(COC1OC(CO)C(O)C(O)C1O)NC(=O)CCCCCCCCCCCCCCCCCCC.